The fourth-order valence-electron chi connectivity index (χ4n) is 0. The topological polar surface area (TPSA) is 0 Å². The second-order valence-electron chi connectivity index (χ2n) is 1.50. The van der Waals surface area contributed by atoms with E-state index < -0.39 is 0 Å². The van der Waals surface area contributed by atoms with Gasteiger partial charge in [0.15, 0.2) is 0 Å². The molecule has 1 radical (unpaired) electrons. The van der Waals surface area contributed by atoms with Gasteiger partial charge in [-0.05, 0) is 0 Å². The van der Waals surface area contributed by atoms with Crippen LogP contribution in [0.1, 0.15) is 0 Å². The summed E-state index contributed by atoms with van der Waals surface area (Å²) in [7, 11) is 0. The van der Waals surface area contributed by atoms with Gasteiger partial charge in [-0.1, -0.05) is 0 Å². The van der Waals surface area contributed by atoms with E-state index in [1.54, 1.807) is 0 Å². The van der Waals surface area contributed by atoms with Crippen LogP contribution in [0.25, 0.3) is 0 Å². The molecular formula is C4H12GeLi. The van der Waals surface area contributed by atoms with Crippen molar-refractivity contribution in [2.75, 3.05) is 0 Å². The molecule has 0 saturated carbocycles. The van der Waals surface area contributed by atoms with E-state index in [-0.39, 0.29) is 40.6 Å². The molecule has 0 bridgehead atoms. The number of hydrogen-bond acceptors (Lipinski definition) is 0. The average Bonchev–Trinajstić information content (AvgIpc) is 0.811. The molecule has 0 aliphatic rings. The van der Waals surface area contributed by atoms with E-state index in [0.717, 1.165) is 0 Å². The van der Waals surface area contributed by atoms with Crippen LogP contribution in [0, 0.1) is 7.43 Å². The zero-order chi connectivity index (χ0) is 3.58. The molecule has 0 atom stereocenters. The molecule has 0 nitrogen and oxygen atoms in total. The molecule has 0 rings (SSSR count). The summed E-state index contributed by atoms with van der Waals surface area (Å²) in [6.45, 7) is 0. The molecule has 0 aromatic rings. The van der Waals surface area contributed by atoms with Gasteiger partial charge in [0.1, 0.15) is 0 Å². The Labute approximate surface area is 58.0 Å². The summed E-state index contributed by atoms with van der Waals surface area (Å²) in [4.78, 5) is 0. The maximum absolute atomic E-state index is 2.33. The van der Waals surface area contributed by atoms with Crippen LogP contribution >= 0.6 is 0 Å². The molecule has 33 valence electrons. The molecule has 0 heterocycles. The predicted octanol–water partition coefficient (Wildman–Crippen LogP) is -1.18. The minimum atomic E-state index is -0.333. The summed E-state index contributed by atoms with van der Waals surface area (Å²) in [6.07, 6.45) is 0. The molecule has 0 N–H and O–H groups in total. The number of hydrogen-bond donors (Lipinski definition) is 0. The van der Waals surface area contributed by atoms with Gasteiger partial charge in [-0.15, -0.1) is 0 Å². The second-order valence-corrected chi connectivity index (χ2v) is 7.79. The first-order valence-electron chi connectivity index (χ1n) is 1.50. The number of rotatable bonds is 0. The van der Waals surface area contributed by atoms with Gasteiger partial charge in [0, 0.05) is 0 Å². The van der Waals surface area contributed by atoms with E-state index in [1.165, 1.54) is 0 Å². The van der Waals surface area contributed by atoms with Crippen molar-refractivity contribution in [2.24, 2.45) is 0 Å². The Bertz CT molecular complexity index is 12.3. The first-order chi connectivity index (χ1) is 1.73. The molecule has 0 spiro atoms. The van der Waals surface area contributed by atoms with Gasteiger partial charge < -0.3 is 7.43 Å². The van der Waals surface area contributed by atoms with Crippen molar-refractivity contribution >= 4 is 14.3 Å². The summed E-state index contributed by atoms with van der Waals surface area (Å²) in [5.41, 5.74) is 0. The summed E-state index contributed by atoms with van der Waals surface area (Å²) in [5, 5.41) is 0. The summed E-state index contributed by atoms with van der Waals surface area (Å²) < 4.78 is 0. The smallest absolute Gasteiger partial charge is 1.00 e. The molecule has 0 fully saturated rings. The molecule has 2 heteroatoms. The van der Waals surface area contributed by atoms with Gasteiger partial charge >= 0.3 is 50.5 Å². The molecule has 6 heavy (non-hydrogen) atoms. The zero-order valence-corrected chi connectivity index (χ0v) is 7.60. The third-order valence-corrected chi connectivity index (χ3v) is 0. The molecule has 0 saturated heterocycles. The SMILES string of the molecule is [CH3-].[CH3][Ge]([CH3])[CH3].[Li+]. The normalized spacial score (nSPS) is 6.00. The fourth-order valence-corrected chi connectivity index (χ4v) is 0. The molecule has 0 aromatic heterocycles. The van der Waals surface area contributed by atoms with Crippen LogP contribution in [-0.2, 0) is 0 Å². The molecular weight excluding hydrogens is 128 g/mol. The maximum Gasteiger partial charge on any atom is 1.00 e. The first-order valence-corrected chi connectivity index (χ1v) is 7.79. The molecule has 0 aliphatic heterocycles. The predicted molar refractivity (Wildman–Crippen MR) is 29.8 cm³/mol. The summed E-state index contributed by atoms with van der Waals surface area (Å²) >= 11 is -0.333. The quantitative estimate of drug-likeness (QED) is 0.293. The van der Waals surface area contributed by atoms with Crippen molar-refractivity contribution in [3.8, 4) is 0 Å². The van der Waals surface area contributed by atoms with Crippen LogP contribution in [-0.4, -0.2) is 14.3 Å². The van der Waals surface area contributed by atoms with Gasteiger partial charge in [0.25, 0.3) is 0 Å². The zero-order valence-electron chi connectivity index (χ0n) is 5.50. The summed E-state index contributed by atoms with van der Waals surface area (Å²) in [6, 6.07) is 0. The van der Waals surface area contributed by atoms with Crippen molar-refractivity contribution in [2.45, 2.75) is 17.3 Å². The van der Waals surface area contributed by atoms with Crippen molar-refractivity contribution in [1.82, 2.24) is 0 Å². The standard InChI is InChI=1S/C3H9Ge.CH3.Li/c1-4(2)3;;/h1-3H3;1H3;/q;-1;+1. The van der Waals surface area contributed by atoms with Gasteiger partial charge in [0.2, 0.25) is 0 Å². The van der Waals surface area contributed by atoms with Crippen LogP contribution in [0.15, 0.2) is 0 Å². The average molecular weight is 140 g/mol. The van der Waals surface area contributed by atoms with Crippen LogP contribution in [0.4, 0.5) is 0 Å². The molecule has 0 unspecified atom stereocenters. The van der Waals surface area contributed by atoms with Gasteiger partial charge in [-0.3, -0.25) is 0 Å². The van der Waals surface area contributed by atoms with E-state index >= 15 is 0 Å². The first kappa shape index (κ1) is 15.7. The Balaban J connectivity index is -0.0000000450. The minimum Gasteiger partial charge on any atom is 1.00 e. The van der Waals surface area contributed by atoms with Crippen molar-refractivity contribution < 1.29 is 18.9 Å². The molecule has 0 aliphatic carbocycles. The van der Waals surface area contributed by atoms with Crippen LogP contribution in [0.2, 0.25) is 17.3 Å². The molecule has 0 amide bonds. The van der Waals surface area contributed by atoms with Crippen molar-refractivity contribution in [1.29, 1.82) is 0 Å². The van der Waals surface area contributed by atoms with Gasteiger partial charge in [0.05, 0.1) is 0 Å². The third kappa shape index (κ3) is 67.8. The van der Waals surface area contributed by atoms with Gasteiger partial charge in [-0.2, -0.15) is 0 Å². The largest absolute Gasteiger partial charge is 1.00 e. The third-order valence-electron chi connectivity index (χ3n) is 0. The van der Waals surface area contributed by atoms with Crippen LogP contribution in [0.3, 0.4) is 0 Å². The van der Waals surface area contributed by atoms with E-state index in [9.17, 15) is 0 Å². The minimum absolute atomic E-state index is 0. The monoisotopic (exact) mass is 141 g/mol. The Morgan fingerprint density at radius 1 is 1.00 bits per heavy atom. The second kappa shape index (κ2) is 9.46. The van der Waals surface area contributed by atoms with E-state index in [2.05, 4.69) is 17.3 Å². The Morgan fingerprint density at radius 2 is 1.00 bits per heavy atom. The van der Waals surface area contributed by atoms with Crippen LogP contribution in [0.5, 0.6) is 0 Å². The Morgan fingerprint density at radius 3 is 1.00 bits per heavy atom. The maximum atomic E-state index is 2.33. The van der Waals surface area contributed by atoms with Crippen molar-refractivity contribution in [3.63, 3.8) is 0 Å². The van der Waals surface area contributed by atoms with Gasteiger partial charge in [-0.25, -0.2) is 0 Å². The Kier molecular flexibility index (Phi) is 24.8. The van der Waals surface area contributed by atoms with E-state index in [0.29, 0.717) is 0 Å². The molecule has 0 aromatic carbocycles. The fraction of sp³-hybridized carbons (Fsp3) is 0.750. The van der Waals surface area contributed by atoms with Crippen LogP contribution < -0.4 is 18.9 Å². The Hall–Kier alpha value is 1.14. The van der Waals surface area contributed by atoms with E-state index in [4.69, 9.17) is 0 Å². The summed E-state index contributed by atoms with van der Waals surface area (Å²) in [5.74, 6) is 7.00. The van der Waals surface area contributed by atoms with E-state index in [1.807, 2.05) is 0 Å². The van der Waals surface area contributed by atoms with Crippen molar-refractivity contribution in [3.05, 3.63) is 7.43 Å².